The van der Waals surface area contributed by atoms with Crippen LogP contribution < -0.4 is 10.1 Å². The highest BCUT2D eigenvalue weighted by molar-refractivity contribution is 5.48. The number of imidazole rings is 1. The monoisotopic (exact) mass is 281 g/mol. The molecule has 1 aromatic carbocycles. The van der Waals surface area contributed by atoms with Crippen molar-refractivity contribution in [2.75, 3.05) is 7.05 Å². The molecule has 0 aliphatic heterocycles. The van der Waals surface area contributed by atoms with Crippen LogP contribution in [0.4, 0.5) is 8.78 Å². The predicted octanol–water partition coefficient (Wildman–Crippen LogP) is 2.93. The summed E-state index contributed by atoms with van der Waals surface area (Å²) in [4.78, 5) is 4.11. The van der Waals surface area contributed by atoms with E-state index in [1.165, 1.54) is 6.07 Å². The van der Waals surface area contributed by atoms with Crippen LogP contribution in [0.15, 0.2) is 36.8 Å². The second-order valence-electron chi connectivity index (χ2n) is 4.87. The number of nitrogens with one attached hydrogen (secondary N) is 1. The van der Waals surface area contributed by atoms with Gasteiger partial charge >= 0.3 is 6.61 Å². The van der Waals surface area contributed by atoms with E-state index in [4.69, 9.17) is 0 Å². The molecule has 1 aromatic heterocycles. The first-order valence-corrected chi connectivity index (χ1v) is 6.21. The van der Waals surface area contributed by atoms with Crippen molar-refractivity contribution in [3.05, 3.63) is 42.5 Å². The molecule has 6 heteroatoms. The zero-order valence-electron chi connectivity index (χ0n) is 11.6. The Morgan fingerprint density at radius 2 is 2.00 bits per heavy atom. The van der Waals surface area contributed by atoms with Crippen molar-refractivity contribution >= 4 is 0 Å². The van der Waals surface area contributed by atoms with E-state index >= 15 is 0 Å². The van der Waals surface area contributed by atoms with Crippen molar-refractivity contribution < 1.29 is 13.5 Å². The fourth-order valence-corrected chi connectivity index (χ4v) is 1.93. The largest absolute Gasteiger partial charge is 0.433 e. The van der Waals surface area contributed by atoms with Crippen molar-refractivity contribution in [3.63, 3.8) is 0 Å². The molecule has 0 unspecified atom stereocenters. The first kappa shape index (κ1) is 14.5. The second kappa shape index (κ2) is 5.58. The Bertz CT molecular complexity index is 581. The molecule has 1 heterocycles. The van der Waals surface area contributed by atoms with Crippen LogP contribution in [0.25, 0.3) is 5.69 Å². The molecule has 2 rings (SSSR count). The molecule has 0 fully saturated rings. The van der Waals surface area contributed by atoms with Gasteiger partial charge in [0.25, 0.3) is 0 Å². The van der Waals surface area contributed by atoms with Crippen LogP contribution in [0, 0.1) is 0 Å². The fraction of sp³-hybridized carbons (Fsp3) is 0.357. The number of nitrogens with zero attached hydrogens (tertiary/aromatic N) is 2. The highest BCUT2D eigenvalue weighted by Crippen LogP contribution is 2.29. The van der Waals surface area contributed by atoms with Gasteiger partial charge in [0, 0.05) is 0 Å². The number of hydrogen-bond acceptors (Lipinski definition) is 3. The van der Waals surface area contributed by atoms with Gasteiger partial charge in [-0.25, -0.2) is 4.98 Å². The summed E-state index contributed by atoms with van der Waals surface area (Å²) in [5, 5.41) is 3.16. The summed E-state index contributed by atoms with van der Waals surface area (Å²) in [6.45, 7) is 1.11. The average molecular weight is 281 g/mol. The quantitative estimate of drug-likeness (QED) is 0.916. The van der Waals surface area contributed by atoms with Crippen LogP contribution in [-0.4, -0.2) is 23.2 Å². The molecule has 4 nitrogen and oxygen atoms in total. The Hall–Kier alpha value is -1.95. The molecule has 2 aromatic rings. The Labute approximate surface area is 116 Å². The van der Waals surface area contributed by atoms with E-state index in [1.54, 1.807) is 35.3 Å². The first-order valence-electron chi connectivity index (χ1n) is 6.21. The third kappa shape index (κ3) is 2.80. The smallest absolute Gasteiger partial charge is 0.387 e. The highest BCUT2D eigenvalue weighted by Gasteiger charge is 2.24. The van der Waals surface area contributed by atoms with Gasteiger partial charge in [0.2, 0.25) is 0 Å². The molecular weight excluding hydrogens is 264 g/mol. The molecule has 108 valence electrons. The fourth-order valence-electron chi connectivity index (χ4n) is 1.93. The first-order chi connectivity index (χ1) is 9.45. The molecule has 0 saturated carbocycles. The van der Waals surface area contributed by atoms with E-state index in [2.05, 4.69) is 15.0 Å². The van der Waals surface area contributed by atoms with Crippen molar-refractivity contribution in [3.8, 4) is 11.4 Å². The lowest BCUT2D eigenvalue weighted by atomic mass is 10.0. The molecular formula is C14H17F2N3O. The van der Waals surface area contributed by atoms with Gasteiger partial charge in [0.05, 0.1) is 29.4 Å². The average Bonchev–Trinajstić information content (AvgIpc) is 2.88. The summed E-state index contributed by atoms with van der Waals surface area (Å²) >= 11 is 0. The molecule has 0 aliphatic carbocycles. The molecule has 0 amide bonds. The Morgan fingerprint density at radius 3 is 2.65 bits per heavy atom. The van der Waals surface area contributed by atoms with Crippen LogP contribution in [0.1, 0.15) is 19.5 Å². The summed E-state index contributed by atoms with van der Waals surface area (Å²) in [6, 6.07) is 6.65. The minimum absolute atomic E-state index is 0.119. The maximum absolute atomic E-state index is 12.5. The lowest BCUT2D eigenvalue weighted by Crippen LogP contribution is -2.35. The number of benzene rings is 1. The number of ether oxygens (including phenoxy) is 1. The van der Waals surface area contributed by atoms with Gasteiger partial charge in [0.15, 0.2) is 0 Å². The molecule has 0 atom stereocenters. The second-order valence-corrected chi connectivity index (χ2v) is 4.87. The van der Waals surface area contributed by atoms with Crippen molar-refractivity contribution in [2.24, 2.45) is 0 Å². The minimum Gasteiger partial charge on any atom is -0.433 e. The van der Waals surface area contributed by atoms with Crippen LogP contribution in [-0.2, 0) is 5.54 Å². The van der Waals surface area contributed by atoms with E-state index in [0.717, 1.165) is 5.69 Å². The Kier molecular flexibility index (Phi) is 4.04. The molecule has 20 heavy (non-hydrogen) atoms. The van der Waals surface area contributed by atoms with Gasteiger partial charge in [-0.2, -0.15) is 8.78 Å². The van der Waals surface area contributed by atoms with Crippen molar-refractivity contribution in [1.82, 2.24) is 14.9 Å². The van der Waals surface area contributed by atoms with E-state index in [1.807, 2.05) is 20.9 Å². The van der Waals surface area contributed by atoms with Crippen LogP contribution in [0.3, 0.4) is 0 Å². The third-order valence-electron chi connectivity index (χ3n) is 3.24. The SMILES string of the molecule is CNC(C)(C)c1cncn1-c1ccccc1OC(F)F. The maximum Gasteiger partial charge on any atom is 0.387 e. The number of halogens is 2. The van der Waals surface area contributed by atoms with E-state index in [0.29, 0.717) is 5.69 Å². The van der Waals surface area contributed by atoms with Gasteiger partial charge in [0.1, 0.15) is 5.75 Å². The summed E-state index contributed by atoms with van der Waals surface area (Å²) in [7, 11) is 1.83. The number of alkyl halides is 2. The Morgan fingerprint density at radius 1 is 1.30 bits per heavy atom. The number of rotatable bonds is 5. The van der Waals surface area contributed by atoms with E-state index in [9.17, 15) is 8.78 Å². The third-order valence-corrected chi connectivity index (χ3v) is 3.24. The van der Waals surface area contributed by atoms with E-state index in [-0.39, 0.29) is 11.3 Å². The zero-order chi connectivity index (χ0) is 14.8. The molecule has 0 aliphatic rings. The number of hydrogen-bond donors (Lipinski definition) is 1. The summed E-state index contributed by atoms with van der Waals surface area (Å²) in [6.07, 6.45) is 3.29. The standard InChI is InChI=1S/C14H17F2N3O/c1-14(2,17-3)12-8-18-9-19(12)10-6-4-5-7-11(10)20-13(15)16/h4-9,13,17H,1-3H3. The lowest BCUT2D eigenvalue weighted by molar-refractivity contribution is -0.0498. The normalized spacial score (nSPS) is 11.9. The Balaban J connectivity index is 2.51. The van der Waals surface area contributed by atoms with Crippen LogP contribution >= 0.6 is 0 Å². The zero-order valence-corrected chi connectivity index (χ0v) is 11.6. The molecule has 1 N–H and O–H groups in total. The summed E-state index contributed by atoms with van der Waals surface area (Å²) < 4.78 is 31.3. The van der Waals surface area contributed by atoms with E-state index < -0.39 is 6.61 Å². The lowest BCUT2D eigenvalue weighted by Gasteiger charge is -2.26. The maximum atomic E-state index is 12.5. The topological polar surface area (TPSA) is 39.1 Å². The van der Waals surface area contributed by atoms with Gasteiger partial charge in [-0.05, 0) is 33.0 Å². The van der Waals surface area contributed by atoms with Gasteiger partial charge in [-0.3, -0.25) is 4.57 Å². The van der Waals surface area contributed by atoms with Gasteiger partial charge in [-0.1, -0.05) is 12.1 Å². The highest BCUT2D eigenvalue weighted by atomic mass is 19.3. The van der Waals surface area contributed by atoms with Gasteiger partial charge < -0.3 is 10.1 Å². The van der Waals surface area contributed by atoms with Crippen molar-refractivity contribution in [2.45, 2.75) is 26.0 Å². The van der Waals surface area contributed by atoms with Crippen LogP contribution in [0.2, 0.25) is 0 Å². The van der Waals surface area contributed by atoms with Gasteiger partial charge in [-0.15, -0.1) is 0 Å². The van der Waals surface area contributed by atoms with Crippen molar-refractivity contribution in [1.29, 1.82) is 0 Å². The molecule has 0 spiro atoms. The van der Waals surface area contributed by atoms with Crippen LogP contribution in [0.5, 0.6) is 5.75 Å². The molecule has 0 bridgehead atoms. The molecule has 0 saturated heterocycles. The summed E-state index contributed by atoms with van der Waals surface area (Å²) in [5.74, 6) is 0.119. The summed E-state index contributed by atoms with van der Waals surface area (Å²) in [5.41, 5.74) is 1.03. The molecule has 0 radical (unpaired) electrons. The predicted molar refractivity (Wildman–Crippen MR) is 72.3 cm³/mol. The minimum atomic E-state index is -2.86. The number of para-hydroxylation sites is 2. The number of aromatic nitrogens is 2.